The summed E-state index contributed by atoms with van der Waals surface area (Å²) in [6.45, 7) is 0. The van der Waals surface area contributed by atoms with Gasteiger partial charge in [0.25, 0.3) is 0 Å². The van der Waals surface area contributed by atoms with Gasteiger partial charge in [0.15, 0.2) is 0 Å². The first-order valence-corrected chi connectivity index (χ1v) is 18.1. The SMILES string of the molecule is c1ccc(-c2nc3ccc4ccc5c(N(c6ccccc6)c6cccc(-c7cccc8sc9ccccc9c78)c6)cccc5c4c3s2)cc1. The Morgan fingerprint density at radius 3 is 2.04 bits per heavy atom. The van der Waals surface area contributed by atoms with Crippen molar-refractivity contribution in [2.24, 2.45) is 0 Å². The van der Waals surface area contributed by atoms with Crippen LogP contribution in [0.4, 0.5) is 17.1 Å². The Labute approximate surface area is 291 Å². The van der Waals surface area contributed by atoms with E-state index in [-0.39, 0.29) is 0 Å². The van der Waals surface area contributed by atoms with Gasteiger partial charge in [0, 0.05) is 47.9 Å². The maximum atomic E-state index is 5.08. The van der Waals surface area contributed by atoms with Crippen LogP contribution in [0.15, 0.2) is 170 Å². The lowest BCUT2D eigenvalue weighted by molar-refractivity contribution is 1.30. The predicted molar refractivity (Wildman–Crippen MR) is 213 cm³/mol. The lowest BCUT2D eigenvalue weighted by Crippen LogP contribution is -2.10. The van der Waals surface area contributed by atoms with Gasteiger partial charge in [-0.25, -0.2) is 4.98 Å². The molecule has 10 rings (SSSR count). The van der Waals surface area contributed by atoms with E-state index in [0.29, 0.717) is 0 Å². The van der Waals surface area contributed by atoms with Crippen molar-refractivity contribution in [3.8, 4) is 21.7 Å². The minimum absolute atomic E-state index is 1.04. The molecule has 230 valence electrons. The minimum atomic E-state index is 1.04. The molecule has 0 unspecified atom stereocenters. The molecule has 0 aliphatic carbocycles. The molecule has 8 aromatic carbocycles. The van der Waals surface area contributed by atoms with Crippen LogP contribution in [0.3, 0.4) is 0 Å². The molecule has 2 aromatic heterocycles. The topological polar surface area (TPSA) is 16.1 Å². The quantitative estimate of drug-likeness (QED) is 0.171. The molecule has 0 radical (unpaired) electrons. The molecule has 0 aliphatic heterocycles. The molecule has 2 heterocycles. The number of benzene rings is 8. The third-order valence-electron chi connectivity index (χ3n) is 9.47. The van der Waals surface area contributed by atoms with Crippen molar-refractivity contribution >= 4 is 91.7 Å². The van der Waals surface area contributed by atoms with Crippen LogP contribution in [0.25, 0.3) is 73.6 Å². The standard InChI is InChI=1S/C45H28N2S2/c1-3-12-30(13-4-1)45-46-38-27-25-29-24-26-35-36(42(29)44(38)49-45)20-10-21-39(35)47(32-15-5-2-6-16-32)33-17-9-14-31(28-33)34-19-11-23-41-43(34)37-18-7-8-22-40(37)48-41/h1-28H. The average molecular weight is 661 g/mol. The molecule has 0 atom stereocenters. The Kier molecular flexibility index (Phi) is 6.57. The highest BCUT2D eigenvalue weighted by Crippen LogP contribution is 2.45. The number of thiazole rings is 1. The number of aromatic nitrogens is 1. The molecule has 10 aromatic rings. The minimum Gasteiger partial charge on any atom is -0.310 e. The summed E-state index contributed by atoms with van der Waals surface area (Å²) in [5.41, 5.74) is 8.04. The zero-order valence-corrected chi connectivity index (χ0v) is 28.0. The Morgan fingerprint density at radius 2 is 1.14 bits per heavy atom. The fraction of sp³-hybridized carbons (Fsp3) is 0. The van der Waals surface area contributed by atoms with Crippen molar-refractivity contribution in [2.45, 2.75) is 0 Å². The van der Waals surface area contributed by atoms with Gasteiger partial charge < -0.3 is 4.90 Å². The maximum absolute atomic E-state index is 5.08. The molecule has 2 nitrogen and oxygen atoms in total. The normalized spacial score (nSPS) is 11.7. The fourth-order valence-corrected chi connectivity index (χ4v) is 9.55. The summed E-state index contributed by atoms with van der Waals surface area (Å²) >= 11 is 3.64. The molecule has 0 saturated heterocycles. The molecule has 0 aliphatic rings. The summed E-state index contributed by atoms with van der Waals surface area (Å²) in [7, 11) is 0. The third-order valence-corrected chi connectivity index (χ3v) is 11.7. The van der Waals surface area contributed by atoms with Crippen LogP contribution >= 0.6 is 22.7 Å². The molecule has 49 heavy (non-hydrogen) atoms. The summed E-state index contributed by atoms with van der Waals surface area (Å²) in [6, 6.07) is 61.4. The molecule has 4 heteroatoms. The summed E-state index contributed by atoms with van der Waals surface area (Å²) in [5, 5.41) is 8.61. The molecular formula is C45H28N2S2. The molecule has 0 bridgehead atoms. The van der Waals surface area contributed by atoms with E-state index in [2.05, 4.69) is 175 Å². The number of hydrogen-bond donors (Lipinski definition) is 0. The zero-order chi connectivity index (χ0) is 32.3. The lowest BCUT2D eigenvalue weighted by Gasteiger charge is -2.27. The number of hydrogen-bond acceptors (Lipinski definition) is 4. The van der Waals surface area contributed by atoms with Crippen LogP contribution in [0.2, 0.25) is 0 Å². The van der Waals surface area contributed by atoms with Gasteiger partial charge in [-0.3, -0.25) is 0 Å². The smallest absolute Gasteiger partial charge is 0.124 e. The van der Waals surface area contributed by atoms with Crippen LogP contribution in [-0.2, 0) is 0 Å². The number of thiophene rings is 1. The Balaban J connectivity index is 1.19. The Morgan fingerprint density at radius 1 is 0.449 bits per heavy atom. The molecular weight excluding hydrogens is 633 g/mol. The van der Waals surface area contributed by atoms with Gasteiger partial charge in [-0.2, -0.15) is 0 Å². The van der Waals surface area contributed by atoms with E-state index in [4.69, 9.17) is 4.98 Å². The van der Waals surface area contributed by atoms with E-state index in [0.717, 1.165) is 33.1 Å². The zero-order valence-electron chi connectivity index (χ0n) is 26.4. The highest BCUT2D eigenvalue weighted by molar-refractivity contribution is 7.26. The summed E-state index contributed by atoms with van der Waals surface area (Å²) in [6.07, 6.45) is 0. The van der Waals surface area contributed by atoms with E-state index >= 15 is 0 Å². The maximum Gasteiger partial charge on any atom is 0.124 e. The number of anilines is 3. The predicted octanol–water partition coefficient (Wildman–Crippen LogP) is 13.8. The Hall–Kier alpha value is -5.81. The first-order chi connectivity index (χ1) is 24.3. The molecule has 0 spiro atoms. The van der Waals surface area contributed by atoms with Gasteiger partial charge in [0.2, 0.25) is 0 Å². The summed E-state index contributed by atoms with van der Waals surface area (Å²) < 4.78 is 3.86. The van der Waals surface area contributed by atoms with Crippen LogP contribution < -0.4 is 4.90 Å². The van der Waals surface area contributed by atoms with Crippen molar-refractivity contribution in [2.75, 3.05) is 4.90 Å². The fourth-order valence-electron chi connectivity index (χ4n) is 7.27. The first kappa shape index (κ1) is 28.2. The van der Waals surface area contributed by atoms with Crippen molar-refractivity contribution in [1.82, 2.24) is 4.98 Å². The van der Waals surface area contributed by atoms with Crippen LogP contribution in [0, 0.1) is 0 Å². The number of para-hydroxylation sites is 1. The van der Waals surface area contributed by atoms with Gasteiger partial charge in [-0.1, -0.05) is 121 Å². The van der Waals surface area contributed by atoms with Crippen LogP contribution in [0.5, 0.6) is 0 Å². The van der Waals surface area contributed by atoms with Crippen LogP contribution in [-0.4, -0.2) is 4.98 Å². The molecule has 0 N–H and O–H groups in total. The second-order valence-corrected chi connectivity index (χ2v) is 14.4. The van der Waals surface area contributed by atoms with Gasteiger partial charge in [0.05, 0.1) is 15.9 Å². The van der Waals surface area contributed by atoms with Gasteiger partial charge in [-0.05, 0) is 70.4 Å². The van der Waals surface area contributed by atoms with E-state index in [9.17, 15) is 0 Å². The number of fused-ring (bicyclic) bond motifs is 8. The van der Waals surface area contributed by atoms with Crippen molar-refractivity contribution in [3.63, 3.8) is 0 Å². The van der Waals surface area contributed by atoms with E-state index in [1.54, 1.807) is 11.3 Å². The highest BCUT2D eigenvalue weighted by atomic mass is 32.1. The largest absolute Gasteiger partial charge is 0.310 e. The van der Waals surface area contributed by atoms with Crippen molar-refractivity contribution < 1.29 is 0 Å². The van der Waals surface area contributed by atoms with Crippen LogP contribution in [0.1, 0.15) is 0 Å². The highest BCUT2D eigenvalue weighted by Gasteiger charge is 2.19. The monoisotopic (exact) mass is 660 g/mol. The van der Waals surface area contributed by atoms with E-state index in [1.807, 2.05) is 11.3 Å². The first-order valence-electron chi connectivity index (χ1n) is 16.5. The van der Waals surface area contributed by atoms with Gasteiger partial charge >= 0.3 is 0 Å². The van der Waals surface area contributed by atoms with Gasteiger partial charge in [-0.15, -0.1) is 22.7 Å². The average Bonchev–Trinajstić information content (AvgIpc) is 3.78. The third kappa shape index (κ3) is 4.64. The van der Waals surface area contributed by atoms with Crippen molar-refractivity contribution in [1.29, 1.82) is 0 Å². The van der Waals surface area contributed by atoms with E-state index in [1.165, 1.54) is 57.5 Å². The van der Waals surface area contributed by atoms with E-state index < -0.39 is 0 Å². The molecule has 0 fully saturated rings. The number of nitrogens with zero attached hydrogens (tertiary/aromatic N) is 2. The second-order valence-electron chi connectivity index (χ2n) is 12.3. The number of rotatable bonds is 5. The molecule has 0 saturated carbocycles. The van der Waals surface area contributed by atoms with Crippen molar-refractivity contribution in [3.05, 3.63) is 170 Å². The lowest BCUT2D eigenvalue weighted by atomic mass is 9.97. The summed E-state index contributed by atoms with van der Waals surface area (Å²) in [4.78, 5) is 7.48. The second kappa shape index (κ2) is 11.4. The Bertz CT molecular complexity index is 2830. The molecule has 0 amide bonds. The summed E-state index contributed by atoms with van der Waals surface area (Å²) in [5.74, 6) is 0. The van der Waals surface area contributed by atoms with Gasteiger partial charge in [0.1, 0.15) is 5.01 Å².